The highest BCUT2D eigenvalue weighted by Crippen LogP contribution is 2.35. The average Bonchev–Trinajstić information content (AvgIpc) is 3.32. The maximum Gasteiger partial charge on any atom is 0.251 e. The lowest BCUT2D eigenvalue weighted by Crippen LogP contribution is -2.42. The standard InChI is InChI=1S/C26H26ClFN6O3/c1-15(35)25(36)33-9-7-16(8-10-33)17-3-5-20(22(11-17)37-2)31-26-30-12-19(27)24(32-26)21-13-29-23-6-4-18(28)14-34(21)23/h3-6,11-16,35H,7-10H2,1-2H3,(H,30,31,32)/t15-/m1/s1. The summed E-state index contributed by atoms with van der Waals surface area (Å²) in [5.74, 6) is 0.556. The van der Waals surface area contributed by atoms with Crippen molar-refractivity contribution < 1.29 is 19.0 Å². The number of pyridine rings is 1. The van der Waals surface area contributed by atoms with Crippen LogP contribution in [0.2, 0.25) is 5.02 Å². The predicted octanol–water partition coefficient (Wildman–Crippen LogP) is 4.42. The maximum atomic E-state index is 13.8. The van der Waals surface area contributed by atoms with Crippen LogP contribution in [0, 0.1) is 5.82 Å². The van der Waals surface area contributed by atoms with Crippen molar-refractivity contribution >= 4 is 34.8 Å². The molecular formula is C26H26ClFN6O3. The largest absolute Gasteiger partial charge is 0.495 e. The topological polar surface area (TPSA) is 105 Å². The van der Waals surface area contributed by atoms with Crippen molar-refractivity contribution in [3.63, 3.8) is 0 Å². The van der Waals surface area contributed by atoms with Crippen LogP contribution in [0.1, 0.15) is 31.2 Å². The van der Waals surface area contributed by atoms with Crippen LogP contribution < -0.4 is 10.1 Å². The number of ether oxygens (including phenoxy) is 1. The number of fused-ring (bicyclic) bond motifs is 1. The fourth-order valence-corrected chi connectivity index (χ4v) is 4.81. The second kappa shape index (κ2) is 10.3. The Labute approximate surface area is 217 Å². The predicted molar refractivity (Wildman–Crippen MR) is 138 cm³/mol. The summed E-state index contributed by atoms with van der Waals surface area (Å²) >= 11 is 6.39. The number of methoxy groups -OCH3 is 1. The van der Waals surface area contributed by atoms with Crippen LogP contribution in [0.15, 0.2) is 48.9 Å². The van der Waals surface area contributed by atoms with Crippen molar-refractivity contribution in [2.24, 2.45) is 0 Å². The quantitative estimate of drug-likeness (QED) is 0.384. The molecule has 0 aliphatic carbocycles. The van der Waals surface area contributed by atoms with Crippen LogP contribution in [0.5, 0.6) is 5.75 Å². The van der Waals surface area contributed by atoms with Crippen LogP contribution in [0.4, 0.5) is 16.0 Å². The number of nitrogens with zero attached hydrogens (tertiary/aromatic N) is 5. The lowest BCUT2D eigenvalue weighted by atomic mass is 9.89. The van der Waals surface area contributed by atoms with E-state index in [1.54, 1.807) is 28.7 Å². The molecule has 4 aromatic rings. The number of likely N-dealkylation sites (tertiary alicyclic amines) is 1. The summed E-state index contributed by atoms with van der Waals surface area (Å²) in [6.45, 7) is 2.70. The fourth-order valence-electron chi connectivity index (χ4n) is 4.62. The van der Waals surface area contributed by atoms with Crippen molar-refractivity contribution in [3.8, 4) is 17.1 Å². The van der Waals surface area contributed by atoms with Gasteiger partial charge in [-0.1, -0.05) is 17.7 Å². The van der Waals surface area contributed by atoms with Gasteiger partial charge in [0, 0.05) is 19.3 Å². The molecule has 4 heterocycles. The summed E-state index contributed by atoms with van der Waals surface area (Å²) in [7, 11) is 1.59. The van der Waals surface area contributed by atoms with E-state index in [-0.39, 0.29) is 11.8 Å². The Morgan fingerprint density at radius 1 is 1.22 bits per heavy atom. The lowest BCUT2D eigenvalue weighted by molar-refractivity contribution is -0.140. The first-order valence-electron chi connectivity index (χ1n) is 11.9. The van der Waals surface area contributed by atoms with E-state index < -0.39 is 11.9 Å². The molecule has 0 saturated carbocycles. The number of carbonyl (C=O) groups is 1. The molecule has 9 nitrogen and oxygen atoms in total. The molecule has 11 heteroatoms. The first-order valence-corrected chi connectivity index (χ1v) is 12.3. The van der Waals surface area contributed by atoms with Gasteiger partial charge in [0.2, 0.25) is 5.95 Å². The van der Waals surface area contributed by atoms with Crippen LogP contribution >= 0.6 is 11.6 Å². The minimum atomic E-state index is -0.980. The summed E-state index contributed by atoms with van der Waals surface area (Å²) in [5.41, 5.74) is 3.29. The molecule has 0 unspecified atom stereocenters. The summed E-state index contributed by atoms with van der Waals surface area (Å²) < 4.78 is 21.1. The Balaban J connectivity index is 1.36. The smallest absolute Gasteiger partial charge is 0.251 e. The van der Waals surface area contributed by atoms with Gasteiger partial charge in [0.25, 0.3) is 5.91 Å². The number of aliphatic hydroxyl groups is 1. The number of piperidine rings is 1. The number of carbonyl (C=O) groups excluding carboxylic acids is 1. The van der Waals surface area contributed by atoms with E-state index in [4.69, 9.17) is 16.3 Å². The SMILES string of the molecule is COc1cc(C2CCN(C(=O)[C@@H](C)O)CC2)ccc1Nc1ncc(Cl)c(-c2cnc3ccc(F)cn23)n1. The minimum absolute atomic E-state index is 0.230. The molecule has 192 valence electrons. The molecule has 0 radical (unpaired) electrons. The van der Waals surface area contributed by atoms with Gasteiger partial charge in [0.05, 0.1) is 35.9 Å². The number of aliphatic hydroxyl groups excluding tert-OH is 1. The van der Waals surface area contributed by atoms with Gasteiger partial charge in [-0.05, 0) is 55.5 Å². The Hall–Kier alpha value is -3.76. The highest BCUT2D eigenvalue weighted by Gasteiger charge is 2.26. The summed E-state index contributed by atoms with van der Waals surface area (Å²) in [5, 5.41) is 13.1. The molecule has 1 aliphatic rings. The number of rotatable bonds is 6. The highest BCUT2D eigenvalue weighted by molar-refractivity contribution is 6.32. The number of amides is 1. The van der Waals surface area contributed by atoms with Crippen LogP contribution in [-0.4, -0.2) is 61.6 Å². The number of hydrogen-bond acceptors (Lipinski definition) is 7. The zero-order chi connectivity index (χ0) is 26.1. The average molecular weight is 525 g/mol. The minimum Gasteiger partial charge on any atom is -0.495 e. The number of aromatic nitrogens is 4. The van der Waals surface area contributed by atoms with Crippen LogP contribution in [-0.2, 0) is 4.79 Å². The van der Waals surface area contributed by atoms with E-state index in [2.05, 4.69) is 20.3 Å². The number of benzene rings is 1. The van der Waals surface area contributed by atoms with E-state index in [1.165, 1.54) is 25.4 Å². The van der Waals surface area contributed by atoms with E-state index >= 15 is 0 Å². The number of hydrogen-bond donors (Lipinski definition) is 2. The van der Waals surface area contributed by atoms with Crippen LogP contribution in [0.3, 0.4) is 0 Å². The highest BCUT2D eigenvalue weighted by atomic mass is 35.5. The van der Waals surface area contributed by atoms with E-state index in [0.29, 0.717) is 52.5 Å². The van der Waals surface area contributed by atoms with Gasteiger partial charge in [0.1, 0.15) is 29.0 Å². The molecule has 0 spiro atoms. The molecule has 37 heavy (non-hydrogen) atoms. The van der Waals surface area contributed by atoms with E-state index in [9.17, 15) is 14.3 Å². The molecule has 0 bridgehead atoms. The molecular weight excluding hydrogens is 499 g/mol. The first kappa shape index (κ1) is 24.9. The number of anilines is 2. The van der Waals surface area contributed by atoms with Gasteiger partial charge in [-0.15, -0.1) is 0 Å². The first-order chi connectivity index (χ1) is 17.8. The van der Waals surface area contributed by atoms with Gasteiger partial charge in [0.15, 0.2) is 0 Å². The molecule has 1 fully saturated rings. The normalized spacial score (nSPS) is 15.1. The molecule has 1 atom stereocenters. The van der Waals surface area contributed by atoms with E-state index in [0.717, 1.165) is 18.4 Å². The van der Waals surface area contributed by atoms with Crippen molar-refractivity contribution in [2.45, 2.75) is 31.8 Å². The summed E-state index contributed by atoms with van der Waals surface area (Å²) in [4.78, 5) is 26.9. The van der Waals surface area contributed by atoms with Crippen LogP contribution in [0.25, 0.3) is 17.0 Å². The lowest BCUT2D eigenvalue weighted by Gasteiger charge is -2.33. The van der Waals surface area contributed by atoms with Gasteiger partial charge >= 0.3 is 0 Å². The van der Waals surface area contributed by atoms with Gasteiger partial charge in [-0.25, -0.2) is 19.3 Å². The van der Waals surface area contributed by atoms with Crippen molar-refractivity contribution in [2.75, 3.05) is 25.5 Å². The zero-order valence-corrected chi connectivity index (χ0v) is 21.1. The van der Waals surface area contributed by atoms with Crippen molar-refractivity contribution in [3.05, 3.63) is 65.3 Å². The Morgan fingerprint density at radius 2 is 2.00 bits per heavy atom. The molecule has 1 saturated heterocycles. The molecule has 1 aliphatic heterocycles. The van der Waals surface area contributed by atoms with Crippen molar-refractivity contribution in [1.29, 1.82) is 0 Å². The second-order valence-electron chi connectivity index (χ2n) is 8.97. The molecule has 5 rings (SSSR count). The van der Waals surface area contributed by atoms with Gasteiger partial charge in [-0.2, -0.15) is 0 Å². The Morgan fingerprint density at radius 3 is 2.73 bits per heavy atom. The Bertz CT molecular complexity index is 1450. The number of halogens is 2. The Kier molecular flexibility index (Phi) is 6.94. The summed E-state index contributed by atoms with van der Waals surface area (Å²) in [6, 6.07) is 8.82. The molecule has 2 N–H and O–H groups in total. The molecule has 3 aromatic heterocycles. The third kappa shape index (κ3) is 5.07. The monoisotopic (exact) mass is 524 g/mol. The fraction of sp³-hybridized carbons (Fsp3) is 0.308. The third-order valence-corrected chi connectivity index (χ3v) is 6.84. The van der Waals surface area contributed by atoms with Gasteiger partial charge in [-0.3, -0.25) is 9.20 Å². The summed E-state index contributed by atoms with van der Waals surface area (Å²) in [6.07, 6.45) is 5.02. The van der Waals surface area contributed by atoms with E-state index in [1.807, 2.05) is 18.2 Å². The second-order valence-corrected chi connectivity index (χ2v) is 9.38. The maximum absolute atomic E-state index is 13.8. The number of nitrogens with one attached hydrogen (secondary N) is 1. The van der Waals surface area contributed by atoms with Gasteiger partial charge < -0.3 is 20.1 Å². The zero-order valence-electron chi connectivity index (χ0n) is 20.4. The third-order valence-electron chi connectivity index (χ3n) is 6.56. The van der Waals surface area contributed by atoms with Crippen molar-refractivity contribution in [1.82, 2.24) is 24.3 Å². The molecule has 1 aromatic carbocycles. The molecule has 1 amide bonds. The number of imidazole rings is 1.